The summed E-state index contributed by atoms with van der Waals surface area (Å²) in [7, 11) is 0. The maximum atomic E-state index is 13.1. The molecular formula is C19H20FN3O4S. The second-order valence-electron chi connectivity index (χ2n) is 6.40. The minimum Gasteiger partial charge on any atom is -0.451 e. The maximum absolute atomic E-state index is 13.1. The number of benzene rings is 1. The number of carbonyl (C=O) groups is 3. The van der Waals surface area contributed by atoms with Gasteiger partial charge in [0.2, 0.25) is 5.91 Å². The molecule has 0 radical (unpaired) electrons. The van der Waals surface area contributed by atoms with Gasteiger partial charge in [-0.05, 0) is 31.2 Å². The van der Waals surface area contributed by atoms with E-state index < -0.39 is 5.97 Å². The molecule has 0 spiro atoms. The van der Waals surface area contributed by atoms with Crippen molar-refractivity contribution in [1.82, 2.24) is 14.8 Å². The van der Waals surface area contributed by atoms with Gasteiger partial charge in [0, 0.05) is 38.7 Å². The number of hydrogen-bond donors (Lipinski definition) is 0. The maximum Gasteiger partial charge on any atom is 0.350 e. The summed E-state index contributed by atoms with van der Waals surface area (Å²) >= 11 is 1.14. The summed E-state index contributed by atoms with van der Waals surface area (Å²) in [5.74, 6) is -1.27. The standard InChI is InChI=1S/C19H20FN3O4S/c1-12-17(28-18(21-12)14-3-5-15(20)6-4-14)19(26)27-11-16(25)23-9-7-22(8-10-23)13(2)24/h3-6H,7-11H2,1-2H3. The van der Waals surface area contributed by atoms with Crippen molar-refractivity contribution in [3.63, 3.8) is 0 Å². The van der Waals surface area contributed by atoms with Gasteiger partial charge in [-0.2, -0.15) is 0 Å². The lowest BCUT2D eigenvalue weighted by molar-refractivity contribution is -0.140. The monoisotopic (exact) mass is 405 g/mol. The largest absolute Gasteiger partial charge is 0.451 e. The Morgan fingerprint density at radius 2 is 1.71 bits per heavy atom. The number of carbonyl (C=O) groups excluding carboxylic acids is 3. The van der Waals surface area contributed by atoms with Gasteiger partial charge in [0.15, 0.2) is 6.61 Å². The molecule has 1 aromatic heterocycles. The van der Waals surface area contributed by atoms with Crippen molar-refractivity contribution in [2.75, 3.05) is 32.8 Å². The molecule has 3 rings (SSSR count). The third kappa shape index (κ3) is 4.53. The summed E-state index contributed by atoms with van der Waals surface area (Å²) < 4.78 is 18.2. The van der Waals surface area contributed by atoms with Crippen molar-refractivity contribution < 1.29 is 23.5 Å². The number of aryl methyl sites for hydroxylation is 1. The van der Waals surface area contributed by atoms with E-state index >= 15 is 0 Å². The SMILES string of the molecule is CC(=O)N1CCN(C(=O)COC(=O)c2sc(-c3ccc(F)cc3)nc2C)CC1. The molecule has 0 unspecified atom stereocenters. The fourth-order valence-corrected chi connectivity index (χ4v) is 3.82. The third-order valence-corrected chi connectivity index (χ3v) is 5.66. The number of piperazine rings is 1. The lowest BCUT2D eigenvalue weighted by Crippen LogP contribution is -2.51. The molecular weight excluding hydrogens is 385 g/mol. The van der Waals surface area contributed by atoms with Gasteiger partial charge in [0.05, 0.1) is 5.69 Å². The first-order valence-corrected chi connectivity index (χ1v) is 9.60. The first kappa shape index (κ1) is 19.9. The summed E-state index contributed by atoms with van der Waals surface area (Å²) in [5.41, 5.74) is 1.20. The summed E-state index contributed by atoms with van der Waals surface area (Å²) in [4.78, 5) is 43.8. The molecule has 1 fully saturated rings. The van der Waals surface area contributed by atoms with Crippen LogP contribution in [0.1, 0.15) is 22.3 Å². The molecule has 0 N–H and O–H groups in total. The van der Waals surface area contributed by atoms with E-state index in [1.807, 2.05) is 0 Å². The average molecular weight is 405 g/mol. The summed E-state index contributed by atoms with van der Waals surface area (Å²) in [6, 6.07) is 5.84. The van der Waals surface area contributed by atoms with Gasteiger partial charge in [-0.3, -0.25) is 9.59 Å². The highest BCUT2D eigenvalue weighted by molar-refractivity contribution is 7.17. The highest BCUT2D eigenvalue weighted by Crippen LogP contribution is 2.28. The van der Waals surface area contributed by atoms with Crippen LogP contribution in [0.5, 0.6) is 0 Å². The number of nitrogens with zero attached hydrogens (tertiary/aromatic N) is 3. The number of amides is 2. The number of rotatable bonds is 4. The van der Waals surface area contributed by atoms with Crippen LogP contribution in [0.3, 0.4) is 0 Å². The van der Waals surface area contributed by atoms with Crippen LogP contribution in [-0.4, -0.2) is 65.4 Å². The van der Waals surface area contributed by atoms with Gasteiger partial charge >= 0.3 is 5.97 Å². The average Bonchev–Trinajstić information content (AvgIpc) is 3.08. The number of hydrogen-bond acceptors (Lipinski definition) is 6. The Hall–Kier alpha value is -2.81. The minimum atomic E-state index is -0.612. The molecule has 1 aliphatic heterocycles. The van der Waals surface area contributed by atoms with E-state index in [1.165, 1.54) is 19.1 Å². The molecule has 28 heavy (non-hydrogen) atoms. The van der Waals surface area contributed by atoms with Gasteiger partial charge in [0.1, 0.15) is 15.7 Å². The van der Waals surface area contributed by atoms with Crippen molar-refractivity contribution in [2.45, 2.75) is 13.8 Å². The fourth-order valence-electron chi connectivity index (χ4n) is 2.86. The first-order valence-electron chi connectivity index (χ1n) is 8.79. The fraction of sp³-hybridized carbons (Fsp3) is 0.368. The van der Waals surface area contributed by atoms with Crippen LogP contribution in [0.15, 0.2) is 24.3 Å². The van der Waals surface area contributed by atoms with Crippen molar-refractivity contribution in [3.05, 3.63) is 40.7 Å². The van der Waals surface area contributed by atoms with Crippen LogP contribution in [0, 0.1) is 12.7 Å². The molecule has 2 amide bonds. The summed E-state index contributed by atoms with van der Waals surface area (Å²) in [5, 5.41) is 0.580. The number of halogens is 1. The van der Waals surface area contributed by atoms with E-state index in [0.717, 1.165) is 11.3 Å². The van der Waals surface area contributed by atoms with E-state index in [9.17, 15) is 18.8 Å². The summed E-state index contributed by atoms with van der Waals surface area (Å²) in [6.45, 7) is 4.62. The van der Waals surface area contributed by atoms with Crippen LogP contribution in [0.25, 0.3) is 10.6 Å². The zero-order valence-corrected chi connectivity index (χ0v) is 16.4. The topological polar surface area (TPSA) is 79.8 Å². The quantitative estimate of drug-likeness (QED) is 0.728. The van der Waals surface area contributed by atoms with Crippen LogP contribution in [0.2, 0.25) is 0 Å². The highest BCUT2D eigenvalue weighted by atomic mass is 32.1. The second kappa shape index (κ2) is 8.47. The lowest BCUT2D eigenvalue weighted by Gasteiger charge is -2.34. The molecule has 0 bridgehead atoms. The number of thiazole rings is 1. The number of aromatic nitrogens is 1. The predicted octanol–water partition coefficient (Wildman–Crippen LogP) is 2.11. The number of esters is 1. The number of ether oxygens (including phenoxy) is 1. The smallest absolute Gasteiger partial charge is 0.350 e. The normalized spacial score (nSPS) is 14.1. The van der Waals surface area contributed by atoms with Crippen LogP contribution < -0.4 is 0 Å². The zero-order chi connectivity index (χ0) is 20.3. The van der Waals surface area contributed by atoms with Gasteiger partial charge < -0.3 is 14.5 Å². The van der Waals surface area contributed by atoms with E-state index in [1.54, 1.807) is 28.9 Å². The Morgan fingerprint density at radius 3 is 2.32 bits per heavy atom. The Bertz CT molecular complexity index is 889. The van der Waals surface area contributed by atoms with E-state index in [0.29, 0.717) is 47.3 Å². The lowest BCUT2D eigenvalue weighted by atomic mass is 10.2. The van der Waals surface area contributed by atoms with E-state index in [4.69, 9.17) is 4.74 Å². The molecule has 2 aromatic rings. The molecule has 2 heterocycles. The molecule has 0 atom stereocenters. The molecule has 0 saturated carbocycles. The highest BCUT2D eigenvalue weighted by Gasteiger charge is 2.24. The van der Waals surface area contributed by atoms with Gasteiger partial charge in [0.25, 0.3) is 5.91 Å². The summed E-state index contributed by atoms with van der Waals surface area (Å²) in [6.07, 6.45) is 0. The van der Waals surface area contributed by atoms with Crippen LogP contribution in [0.4, 0.5) is 4.39 Å². The predicted molar refractivity (Wildman–Crippen MR) is 101 cm³/mol. The Morgan fingerprint density at radius 1 is 1.11 bits per heavy atom. The van der Waals surface area contributed by atoms with Gasteiger partial charge in [-0.15, -0.1) is 11.3 Å². The van der Waals surface area contributed by atoms with Crippen molar-refractivity contribution in [1.29, 1.82) is 0 Å². The van der Waals surface area contributed by atoms with Gasteiger partial charge in [-0.25, -0.2) is 14.2 Å². The molecule has 1 saturated heterocycles. The minimum absolute atomic E-state index is 0.0174. The van der Waals surface area contributed by atoms with Crippen molar-refractivity contribution in [2.24, 2.45) is 0 Å². The molecule has 1 aromatic carbocycles. The molecule has 148 valence electrons. The van der Waals surface area contributed by atoms with Crippen molar-refractivity contribution >= 4 is 29.1 Å². The first-order chi connectivity index (χ1) is 13.3. The zero-order valence-electron chi connectivity index (χ0n) is 15.6. The second-order valence-corrected chi connectivity index (χ2v) is 7.40. The molecule has 9 heteroatoms. The van der Waals surface area contributed by atoms with E-state index in [2.05, 4.69) is 4.98 Å². The molecule has 1 aliphatic rings. The molecule has 7 nitrogen and oxygen atoms in total. The Balaban J connectivity index is 1.57. The van der Waals surface area contributed by atoms with E-state index in [-0.39, 0.29) is 24.2 Å². The van der Waals surface area contributed by atoms with Crippen LogP contribution >= 0.6 is 11.3 Å². The molecule has 0 aliphatic carbocycles. The Labute approximate surface area is 165 Å². The Kier molecular flexibility index (Phi) is 6.03. The van der Waals surface area contributed by atoms with Crippen LogP contribution in [-0.2, 0) is 14.3 Å². The van der Waals surface area contributed by atoms with Gasteiger partial charge in [-0.1, -0.05) is 0 Å². The third-order valence-electron chi connectivity index (χ3n) is 4.48. The van der Waals surface area contributed by atoms with Crippen molar-refractivity contribution in [3.8, 4) is 10.6 Å².